The van der Waals surface area contributed by atoms with Gasteiger partial charge in [-0.05, 0) is 48.4 Å². The van der Waals surface area contributed by atoms with Gasteiger partial charge < -0.3 is 9.13 Å². The molecule has 0 bridgehead atoms. The summed E-state index contributed by atoms with van der Waals surface area (Å²) in [6.45, 7) is 0. The average Bonchev–Trinajstić information content (AvgIpc) is 2.08. The van der Waals surface area contributed by atoms with Crippen LogP contribution in [0.1, 0.15) is 34.3 Å². The summed E-state index contributed by atoms with van der Waals surface area (Å²) in [5.74, 6) is -0.887. The molecular formula is C50H31N7. The first-order valence-corrected chi connectivity index (χ1v) is 17.0. The van der Waals surface area contributed by atoms with Crippen molar-refractivity contribution in [1.29, 1.82) is 0 Å². The molecule has 6 heterocycles. The molecule has 0 radical (unpaired) electrons. The molecule has 0 unspecified atom stereocenters. The Hall–Kier alpha value is -7.90. The summed E-state index contributed by atoms with van der Waals surface area (Å²) in [5.41, 5.74) is -6.32. The fraction of sp³-hybridized carbons (Fsp3) is 0. The highest BCUT2D eigenvalue weighted by atomic mass is 15.2. The number of fused-ring (bicyclic) bond motifs is 9. The van der Waals surface area contributed by atoms with Crippen LogP contribution in [0.4, 0.5) is 0 Å². The third-order valence-corrected chi connectivity index (χ3v) is 9.54. The Morgan fingerprint density at radius 3 is 1.51 bits per heavy atom. The standard InChI is InChI=1S/C50H31N7/c1-2-13-32(14-3-1)40-29-41(54-50(53-40)57-44-22-10-4-15-33(44)34-16-5-11-23-45(34)57)37-19-12-24-48(55-42-20-8-6-17-35(42)38-30-51-27-25-46(38)55)49(37)56-43-21-9-7-18-36(43)39-31-52-28-26-47(39)56/h1-31H/i1D,2D,3D,4D,5D,6D,7D,8D,9D,10D,11D,12D,13D,14D,15D,16D,17D,18D,19D,20D,21D,22D,23D,24D,29D. The third kappa shape index (κ3) is 4.66. The highest BCUT2D eigenvalue weighted by Crippen LogP contribution is 2.42. The van der Waals surface area contributed by atoms with E-state index in [2.05, 4.69) is 15.0 Å². The minimum absolute atomic E-state index is 0.00186. The van der Waals surface area contributed by atoms with Crippen molar-refractivity contribution in [2.24, 2.45) is 0 Å². The fourth-order valence-corrected chi connectivity index (χ4v) is 7.25. The second kappa shape index (κ2) is 12.3. The van der Waals surface area contributed by atoms with Gasteiger partial charge in [-0.2, -0.15) is 0 Å². The van der Waals surface area contributed by atoms with Crippen LogP contribution in [0, 0.1) is 0 Å². The number of hydrogen-bond acceptors (Lipinski definition) is 4. The first kappa shape index (κ1) is 15.7. The van der Waals surface area contributed by atoms with Gasteiger partial charge in [-0.15, -0.1) is 0 Å². The van der Waals surface area contributed by atoms with E-state index in [0.717, 1.165) is 13.7 Å². The zero-order valence-electron chi connectivity index (χ0n) is 53.6. The van der Waals surface area contributed by atoms with Crippen molar-refractivity contribution in [2.45, 2.75) is 0 Å². The van der Waals surface area contributed by atoms with Gasteiger partial charge in [0.25, 0.3) is 0 Å². The lowest BCUT2D eigenvalue weighted by atomic mass is 10.0. The summed E-state index contributed by atoms with van der Waals surface area (Å²) < 4.78 is 232. The van der Waals surface area contributed by atoms with E-state index in [1.807, 2.05) is 0 Å². The van der Waals surface area contributed by atoms with Crippen LogP contribution in [-0.4, -0.2) is 33.6 Å². The molecule has 0 N–H and O–H groups in total. The predicted octanol–water partition coefficient (Wildman–Crippen LogP) is 11.9. The molecule has 6 aromatic carbocycles. The van der Waals surface area contributed by atoms with Crippen molar-refractivity contribution in [2.75, 3.05) is 0 Å². The summed E-state index contributed by atoms with van der Waals surface area (Å²) in [4.78, 5) is 17.9. The van der Waals surface area contributed by atoms with Gasteiger partial charge >= 0.3 is 0 Å². The van der Waals surface area contributed by atoms with Crippen molar-refractivity contribution < 1.29 is 34.3 Å². The Morgan fingerprint density at radius 2 is 0.895 bits per heavy atom. The molecule has 6 aromatic heterocycles. The van der Waals surface area contributed by atoms with E-state index in [0.29, 0.717) is 0 Å². The molecular weight excluding hydrogens is 699 g/mol. The van der Waals surface area contributed by atoms with Crippen molar-refractivity contribution in [1.82, 2.24) is 33.6 Å². The van der Waals surface area contributed by atoms with Crippen LogP contribution in [0.2, 0.25) is 0 Å². The molecule has 0 saturated heterocycles. The molecule has 0 aliphatic rings. The van der Waals surface area contributed by atoms with Crippen LogP contribution in [0.5, 0.6) is 0 Å². The van der Waals surface area contributed by atoms with E-state index in [1.54, 1.807) is 0 Å². The molecule has 7 heteroatoms. The second-order valence-electron chi connectivity index (χ2n) is 12.5. The molecule has 12 aromatic rings. The lowest BCUT2D eigenvalue weighted by Crippen LogP contribution is -2.08. The largest absolute Gasteiger partial charge is 0.307 e. The molecule has 0 fully saturated rings. The lowest BCUT2D eigenvalue weighted by molar-refractivity contribution is 0.993. The smallest absolute Gasteiger partial charge is 0.235 e. The van der Waals surface area contributed by atoms with Crippen molar-refractivity contribution in [3.63, 3.8) is 0 Å². The molecule has 0 saturated carbocycles. The van der Waals surface area contributed by atoms with Gasteiger partial charge in [0.2, 0.25) is 5.95 Å². The molecule has 57 heavy (non-hydrogen) atoms. The van der Waals surface area contributed by atoms with E-state index in [9.17, 15) is 15.1 Å². The van der Waals surface area contributed by atoms with Crippen LogP contribution < -0.4 is 0 Å². The summed E-state index contributed by atoms with van der Waals surface area (Å²) in [6, 6.07) is -18.0. The molecule has 0 spiro atoms. The average molecular weight is 755 g/mol. The van der Waals surface area contributed by atoms with Gasteiger partial charge in [-0.25, -0.2) is 9.97 Å². The third-order valence-electron chi connectivity index (χ3n) is 9.54. The minimum Gasteiger partial charge on any atom is -0.307 e. The number of para-hydroxylation sites is 5. The van der Waals surface area contributed by atoms with Crippen LogP contribution in [0.15, 0.2) is 188 Å². The Bertz CT molecular complexity index is 4900. The quantitative estimate of drug-likeness (QED) is 0.175. The maximum Gasteiger partial charge on any atom is 0.235 e. The Labute approximate surface area is 361 Å². The number of aromatic nitrogens is 7. The molecule has 12 rings (SSSR count). The lowest BCUT2D eigenvalue weighted by Gasteiger charge is -2.21. The zero-order valence-corrected chi connectivity index (χ0v) is 28.6. The zero-order chi connectivity index (χ0) is 59.2. The first-order valence-electron chi connectivity index (χ1n) is 29.5. The number of hydrogen-bond donors (Lipinski definition) is 0. The number of pyridine rings is 2. The molecule has 0 aliphatic heterocycles. The number of benzene rings is 6. The summed E-state index contributed by atoms with van der Waals surface area (Å²) in [6.07, 6.45) is 5.11. The van der Waals surface area contributed by atoms with Crippen LogP contribution in [0.25, 0.3) is 105 Å². The molecule has 0 amide bonds. The monoisotopic (exact) mass is 754 g/mol. The van der Waals surface area contributed by atoms with Gasteiger partial charge in [-0.1, -0.05) is 115 Å². The first-order chi connectivity index (χ1) is 38.7. The molecule has 266 valence electrons. The summed E-state index contributed by atoms with van der Waals surface area (Å²) in [7, 11) is 0. The molecule has 7 nitrogen and oxygen atoms in total. The van der Waals surface area contributed by atoms with Crippen molar-refractivity contribution >= 4 is 65.4 Å². The van der Waals surface area contributed by atoms with Crippen LogP contribution in [-0.2, 0) is 0 Å². The van der Waals surface area contributed by atoms with Crippen LogP contribution >= 0.6 is 0 Å². The number of nitrogens with zero attached hydrogens (tertiary/aromatic N) is 7. The highest BCUT2D eigenvalue weighted by molar-refractivity contribution is 6.12. The predicted molar refractivity (Wildman–Crippen MR) is 232 cm³/mol. The van der Waals surface area contributed by atoms with E-state index in [4.69, 9.17) is 24.2 Å². The SMILES string of the molecule is [2H]c1c(-c2c([2H])c([2H])c([2H])c([2H])c2[2H])nc(-n2c3c([2H])c([2H])c([2H])c([2H])c3c3c([2H])c([2H])c([2H])c([2H])c32)nc1-c1c([2H])c([2H])c([2H])c(-n2c3ccncc3c3c([2H])c([2H])c([2H])c([2H])c32)c1-n1c2ccncc2c2c([2H])c([2H])c([2H])c([2H])c21. The van der Waals surface area contributed by atoms with Crippen molar-refractivity contribution in [3.05, 3.63) is 188 Å². The Morgan fingerprint density at radius 1 is 0.404 bits per heavy atom. The highest BCUT2D eigenvalue weighted by Gasteiger charge is 2.24. The molecule has 0 atom stereocenters. The summed E-state index contributed by atoms with van der Waals surface area (Å²) >= 11 is 0. The maximum atomic E-state index is 10.2. The van der Waals surface area contributed by atoms with Gasteiger partial charge in [0.05, 0.1) is 90.1 Å². The van der Waals surface area contributed by atoms with Gasteiger partial charge in [0.1, 0.15) is 0 Å². The van der Waals surface area contributed by atoms with E-state index >= 15 is 0 Å². The van der Waals surface area contributed by atoms with Gasteiger partial charge in [-0.3, -0.25) is 14.5 Å². The van der Waals surface area contributed by atoms with Crippen LogP contribution in [0.3, 0.4) is 0 Å². The Kier molecular flexibility index (Phi) is 3.39. The second-order valence-corrected chi connectivity index (χ2v) is 12.5. The maximum absolute atomic E-state index is 10.2. The van der Waals surface area contributed by atoms with Gasteiger partial charge in [0, 0.05) is 68.2 Å². The summed E-state index contributed by atoms with van der Waals surface area (Å²) in [5, 5.41) is -1.19. The Balaban J connectivity index is 1.42. The van der Waals surface area contributed by atoms with E-state index < -0.39 is 213 Å². The normalized spacial score (nSPS) is 18.0. The topological polar surface area (TPSA) is 66.3 Å². The fourth-order valence-electron chi connectivity index (χ4n) is 7.25. The van der Waals surface area contributed by atoms with Gasteiger partial charge in [0.15, 0.2) is 0 Å². The number of rotatable bonds is 5. The minimum atomic E-state index is -1.01. The van der Waals surface area contributed by atoms with E-state index in [-0.39, 0.29) is 43.6 Å². The van der Waals surface area contributed by atoms with Crippen molar-refractivity contribution in [3.8, 4) is 39.8 Å². The van der Waals surface area contributed by atoms with E-state index in [1.165, 1.54) is 36.9 Å². The molecule has 0 aliphatic carbocycles.